The summed E-state index contributed by atoms with van der Waals surface area (Å²) in [5.74, 6) is 0.347. The average molecular weight is 386 g/mol. The second-order valence-corrected chi connectivity index (χ2v) is 6.86. The van der Waals surface area contributed by atoms with Gasteiger partial charge >= 0.3 is 0 Å². The maximum atomic E-state index is 12.4. The predicted octanol–water partition coefficient (Wildman–Crippen LogP) is 5.01. The molecule has 1 heterocycles. The molecule has 0 aromatic heterocycles. The second kappa shape index (κ2) is 8.74. The molecule has 1 fully saturated rings. The number of hydrogen-bond donors (Lipinski definition) is 0. The van der Waals surface area contributed by atoms with Gasteiger partial charge in [-0.3, -0.25) is 14.5 Å². The Labute approximate surface area is 161 Å². The van der Waals surface area contributed by atoms with Crippen LogP contribution in [-0.2, 0) is 4.79 Å². The van der Waals surface area contributed by atoms with Gasteiger partial charge in [-0.2, -0.15) is 0 Å². The fourth-order valence-corrected chi connectivity index (χ4v) is 3.25. The highest BCUT2D eigenvalue weighted by Gasteiger charge is 2.34. The van der Waals surface area contributed by atoms with E-state index in [-0.39, 0.29) is 24.3 Å². The first-order valence-electron chi connectivity index (χ1n) is 7.99. The van der Waals surface area contributed by atoms with Gasteiger partial charge in [-0.05, 0) is 47.7 Å². The van der Waals surface area contributed by atoms with Gasteiger partial charge in [0, 0.05) is 5.02 Å². The van der Waals surface area contributed by atoms with E-state index in [2.05, 4.69) is 0 Å². The van der Waals surface area contributed by atoms with Crippen LogP contribution in [0, 0.1) is 0 Å². The molecule has 2 amide bonds. The molecule has 6 heteroatoms. The normalized spacial score (nSPS) is 16.0. The fourth-order valence-electron chi connectivity index (χ4n) is 2.30. The Kier molecular flexibility index (Phi) is 6.15. The lowest BCUT2D eigenvalue weighted by atomic mass is 10.2. The zero-order valence-electron chi connectivity index (χ0n) is 13.8. The summed E-state index contributed by atoms with van der Waals surface area (Å²) in [6.45, 7) is 0.430. The van der Waals surface area contributed by atoms with Gasteiger partial charge in [0.2, 0.25) is 0 Å². The minimum absolute atomic E-state index is 0.201. The molecule has 2 aromatic carbocycles. The van der Waals surface area contributed by atoms with Gasteiger partial charge in [-0.25, -0.2) is 0 Å². The summed E-state index contributed by atoms with van der Waals surface area (Å²) < 4.78 is 5.55. The first kappa shape index (κ1) is 18.3. The number of halogens is 1. The summed E-state index contributed by atoms with van der Waals surface area (Å²) in [5, 5.41) is 0.339. The van der Waals surface area contributed by atoms with Crippen LogP contribution in [0.25, 0.3) is 6.08 Å². The number of carbonyl (C=O) groups is 2. The lowest BCUT2D eigenvalue weighted by Gasteiger charge is -2.13. The molecule has 1 aliphatic rings. The summed E-state index contributed by atoms with van der Waals surface area (Å²) >= 11 is 6.76. The third-order valence-electron chi connectivity index (χ3n) is 3.61. The van der Waals surface area contributed by atoms with Gasteiger partial charge in [-0.15, -0.1) is 0 Å². The van der Waals surface area contributed by atoms with E-state index >= 15 is 0 Å². The molecule has 1 saturated heterocycles. The van der Waals surface area contributed by atoms with Gasteiger partial charge in [-0.1, -0.05) is 54.1 Å². The Morgan fingerprint density at radius 1 is 1.04 bits per heavy atom. The Morgan fingerprint density at radius 3 is 2.50 bits per heavy atom. The average Bonchev–Trinajstić information content (AvgIpc) is 2.92. The highest BCUT2D eigenvalue weighted by molar-refractivity contribution is 8.18. The van der Waals surface area contributed by atoms with E-state index in [1.807, 2.05) is 36.4 Å². The highest BCUT2D eigenvalue weighted by Crippen LogP contribution is 2.30. The second-order valence-electron chi connectivity index (χ2n) is 5.43. The van der Waals surface area contributed by atoms with Crippen molar-refractivity contribution in [3.05, 3.63) is 82.2 Å². The van der Waals surface area contributed by atoms with Crippen LogP contribution in [-0.4, -0.2) is 29.2 Å². The predicted molar refractivity (Wildman–Crippen MR) is 105 cm³/mol. The van der Waals surface area contributed by atoms with Crippen molar-refractivity contribution < 1.29 is 14.3 Å². The molecule has 0 aliphatic carbocycles. The number of carbonyl (C=O) groups excluding carboxylic acids is 2. The van der Waals surface area contributed by atoms with Crippen LogP contribution in [0.3, 0.4) is 0 Å². The van der Waals surface area contributed by atoms with Gasteiger partial charge in [0.1, 0.15) is 12.4 Å². The number of hydrogen-bond acceptors (Lipinski definition) is 4. The summed E-state index contributed by atoms with van der Waals surface area (Å²) in [6, 6.07) is 16.7. The van der Waals surface area contributed by atoms with Crippen molar-refractivity contribution in [2.75, 3.05) is 13.2 Å². The summed E-state index contributed by atoms with van der Waals surface area (Å²) in [7, 11) is 0. The molecule has 0 atom stereocenters. The fraction of sp³-hybridized carbons (Fsp3) is 0.100. The van der Waals surface area contributed by atoms with Gasteiger partial charge in [0.25, 0.3) is 11.1 Å². The Balaban J connectivity index is 1.55. The third kappa shape index (κ3) is 4.77. The van der Waals surface area contributed by atoms with Gasteiger partial charge in [0.05, 0.1) is 11.4 Å². The van der Waals surface area contributed by atoms with E-state index in [1.54, 1.807) is 36.4 Å². The largest absolute Gasteiger partial charge is 0.492 e. The van der Waals surface area contributed by atoms with Crippen LogP contribution in [0.1, 0.15) is 5.56 Å². The van der Waals surface area contributed by atoms with E-state index < -0.39 is 0 Å². The van der Waals surface area contributed by atoms with Crippen molar-refractivity contribution in [2.45, 2.75) is 0 Å². The van der Waals surface area contributed by atoms with Crippen LogP contribution in [0.15, 0.2) is 71.7 Å². The van der Waals surface area contributed by atoms with E-state index in [9.17, 15) is 9.59 Å². The number of imide groups is 1. The first-order valence-corrected chi connectivity index (χ1v) is 9.18. The monoisotopic (exact) mass is 385 g/mol. The Hall–Kier alpha value is -2.50. The number of allylic oxidation sites excluding steroid dienone is 2. The van der Waals surface area contributed by atoms with Crippen LogP contribution in [0.4, 0.5) is 4.79 Å². The molecule has 2 aromatic rings. The SMILES string of the molecule is O=C1S/C(=C\C=C\c2ccccc2)C(=O)N1CCOc1ccc(Cl)cc1. The molecule has 0 radical (unpaired) electrons. The minimum Gasteiger partial charge on any atom is -0.492 e. The van der Waals surface area contributed by atoms with Crippen LogP contribution in [0.5, 0.6) is 5.75 Å². The third-order valence-corrected chi connectivity index (χ3v) is 4.78. The molecule has 132 valence electrons. The van der Waals surface area contributed by atoms with Crippen LogP contribution in [0.2, 0.25) is 5.02 Å². The number of rotatable bonds is 6. The topological polar surface area (TPSA) is 46.6 Å². The molecule has 4 nitrogen and oxygen atoms in total. The molecule has 0 spiro atoms. The molecule has 0 unspecified atom stereocenters. The van der Waals surface area contributed by atoms with Crippen molar-refractivity contribution in [2.24, 2.45) is 0 Å². The van der Waals surface area contributed by atoms with Crippen molar-refractivity contribution in [1.29, 1.82) is 0 Å². The molecular formula is C20H16ClNO3S. The maximum absolute atomic E-state index is 12.4. The smallest absolute Gasteiger partial charge is 0.293 e. The molecular weight excluding hydrogens is 370 g/mol. The van der Waals surface area contributed by atoms with Gasteiger partial charge < -0.3 is 4.74 Å². The van der Waals surface area contributed by atoms with E-state index in [0.717, 1.165) is 17.3 Å². The zero-order chi connectivity index (χ0) is 18.4. The summed E-state index contributed by atoms with van der Waals surface area (Å²) in [5.41, 5.74) is 1.03. The standard InChI is InChI=1S/C20H16ClNO3S/c21-16-9-11-17(12-10-16)25-14-13-22-19(23)18(26-20(22)24)8-4-7-15-5-2-1-3-6-15/h1-12H,13-14H2/b7-4+,18-8-. The molecule has 1 aliphatic heterocycles. The molecule has 0 N–H and O–H groups in total. The Morgan fingerprint density at radius 2 is 1.77 bits per heavy atom. The van der Waals surface area contributed by atoms with Crippen molar-refractivity contribution in [3.63, 3.8) is 0 Å². The minimum atomic E-state index is -0.294. The quantitative estimate of drug-likeness (QED) is 0.655. The van der Waals surface area contributed by atoms with E-state index in [4.69, 9.17) is 16.3 Å². The Bertz CT molecular complexity index is 847. The molecule has 3 rings (SSSR count). The van der Waals surface area contributed by atoms with Crippen molar-refractivity contribution in [1.82, 2.24) is 4.90 Å². The molecule has 0 bridgehead atoms. The van der Waals surface area contributed by atoms with E-state index in [0.29, 0.717) is 15.7 Å². The van der Waals surface area contributed by atoms with Gasteiger partial charge in [0.15, 0.2) is 0 Å². The van der Waals surface area contributed by atoms with Crippen molar-refractivity contribution >= 4 is 40.6 Å². The van der Waals surface area contributed by atoms with Crippen LogP contribution < -0.4 is 4.74 Å². The number of ether oxygens (including phenoxy) is 1. The van der Waals surface area contributed by atoms with Crippen molar-refractivity contribution in [3.8, 4) is 5.75 Å². The number of benzene rings is 2. The first-order chi connectivity index (χ1) is 12.6. The highest BCUT2D eigenvalue weighted by atomic mass is 35.5. The number of nitrogens with zero attached hydrogens (tertiary/aromatic N) is 1. The summed E-state index contributed by atoms with van der Waals surface area (Å²) in [4.78, 5) is 26.0. The number of amides is 2. The lowest BCUT2D eigenvalue weighted by molar-refractivity contribution is -0.123. The van der Waals surface area contributed by atoms with E-state index in [1.165, 1.54) is 4.90 Å². The number of thioether (sulfide) groups is 1. The lowest BCUT2D eigenvalue weighted by Crippen LogP contribution is -2.32. The maximum Gasteiger partial charge on any atom is 0.293 e. The summed E-state index contributed by atoms with van der Waals surface area (Å²) in [6.07, 6.45) is 5.33. The zero-order valence-corrected chi connectivity index (χ0v) is 15.4. The molecule has 0 saturated carbocycles. The van der Waals surface area contributed by atoms with Crippen LogP contribution >= 0.6 is 23.4 Å². The molecule has 26 heavy (non-hydrogen) atoms.